The van der Waals surface area contributed by atoms with Gasteiger partial charge in [0.05, 0.1) is 5.71 Å². The maximum absolute atomic E-state index is 11.6. The van der Waals surface area contributed by atoms with Gasteiger partial charge in [0.1, 0.15) is 0 Å². The minimum Gasteiger partial charge on any atom is -0.465 e. The SMILES string of the molecule is NC(=S)NN=C(CCCN(C(=O)O)C1CCCCC1)c1ccccc1. The van der Waals surface area contributed by atoms with E-state index in [2.05, 4.69) is 10.5 Å². The monoisotopic (exact) mass is 362 g/mol. The average Bonchev–Trinajstić information content (AvgIpc) is 2.62. The Morgan fingerprint density at radius 1 is 1.28 bits per heavy atom. The summed E-state index contributed by atoms with van der Waals surface area (Å²) in [5.41, 5.74) is 9.90. The van der Waals surface area contributed by atoms with Crippen LogP contribution in [-0.2, 0) is 0 Å². The highest BCUT2D eigenvalue weighted by atomic mass is 32.1. The summed E-state index contributed by atoms with van der Waals surface area (Å²) in [6.45, 7) is 0.513. The maximum Gasteiger partial charge on any atom is 0.407 e. The fraction of sp³-hybridized carbons (Fsp3) is 0.500. The molecule has 0 aromatic heterocycles. The quantitative estimate of drug-likeness (QED) is 0.393. The number of hydrogen-bond acceptors (Lipinski definition) is 3. The second-order valence-electron chi connectivity index (χ2n) is 6.27. The number of nitrogens with zero attached hydrogens (tertiary/aromatic N) is 2. The molecule has 0 aliphatic heterocycles. The Morgan fingerprint density at radius 3 is 2.56 bits per heavy atom. The van der Waals surface area contributed by atoms with Crippen molar-refractivity contribution in [3.8, 4) is 0 Å². The molecule has 7 heteroatoms. The van der Waals surface area contributed by atoms with Gasteiger partial charge in [-0.2, -0.15) is 5.10 Å². The second kappa shape index (κ2) is 9.98. The van der Waals surface area contributed by atoms with Crippen molar-refractivity contribution in [2.24, 2.45) is 10.8 Å². The summed E-state index contributed by atoms with van der Waals surface area (Å²) in [7, 11) is 0. The van der Waals surface area contributed by atoms with Crippen molar-refractivity contribution >= 4 is 29.1 Å². The number of benzene rings is 1. The van der Waals surface area contributed by atoms with Gasteiger partial charge in [-0.3, -0.25) is 5.43 Å². The summed E-state index contributed by atoms with van der Waals surface area (Å²) in [4.78, 5) is 13.2. The molecule has 136 valence electrons. The van der Waals surface area contributed by atoms with Crippen LogP contribution in [0, 0.1) is 0 Å². The molecule has 1 aliphatic rings. The van der Waals surface area contributed by atoms with Crippen LogP contribution in [0.4, 0.5) is 4.79 Å². The molecule has 1 aliphatic carbocycles. The van der Waals surface area contributed by atoms with Gasteiger partial charge in [-0.1, -0.05) is 49.6 Å². The van der Waals surface area contributed by atoms with Gasteiger partial charge in [-0.05, 0) is 43.5 Å². The van der Waals surface area contributed by atoms with Crippen LogP contribution in [-0.4, -0.2) is 39.5 Å². The first kappa shape index (κ1) is 19.2. The highest BCUT2D eigenvalue weighted by Gasteiger charge is 2.24. The van der Waals surface area contributed by atoms with E-state index in [0.29, 0.717) is 19.4 Å². The largest absolute Gasteiger partial charge is 0.465 e. The Balaban J connectivity index is 1.97. The van der Waals surface area contributed by atoms with Crippen molar-refractivity contribution in [3.05, 3.63) is 35.9 Å². The number of amides is 1. The van der Waals surface area contributed by atoms with Gasteiger partial charge in [-0.15, -0.1) is 0 Å². The molecular formula is C18H26N4O2S. The van der Waals surface area contributed by atoms with Gasteiger partial charge in [0, 0.05) is 12.6 Å². The molecule has 0 saturated heterocycles. The Bertz CT molecular complexity index is 600. The van der Waals surface area contributed by atoms with Gasteiger partial charge in [0.25, 0.3) is 0 Å². The lowest BCUT2D eigenvalue weighted by atomic mass is 9.94. The van der Waals surface area contributed by atoms with Gasteiger partial charge in [0.2, 0.25) is 0 Å². The zero-order valence-electron chi connectivity index (χ0n) is 14.4. The van der Waals surface area contributed by atoms with Gasteiger partial charge >= 0.3 is 6.09 Å². The van der Waals surface area contributed by atoms with Crippen molar-refractivity contribution in [3.63, 3.8) is 0 Å². The van der Waals surface area contributed by atoms with Crippen molar-refractivity contribution in [1.82, 2.24) is 10.3 Å². The summed E-state index contributed by atoms with van der Waals surface area (Å²) < 4.78 is 0. The molecule has 0 radical (unpaired) electrons. The third kappa shape index (κ3) is 6.34. The van der Waals surface area contributed by atoms with E-state index in [-0.39, 0.29) is 11.2 Å². The topological polar surface area (TPSA) is 91.0 Å². The number of carboxylic acid groups (broad SMARTS) is 1. The van der Waals surface area contributed by atoms with Crippen LogP contribution in [0.2, 0.25) is 0 Å². The molecule has 6 nitrogen and oxygen atoms in total. The van der Waals surface area contributed by atoms with Crippen LogP contribution in [0.25, 0.3) is 0 Å². The minimum absolute atomic E-state index is 0.114. The van der Waals surface area contributed by atoms with Gasteiger partial charge in [0.15, 0.2) is 5.11 Å². The molecule has 0 unspecified atom stereocenters. The number of thiocarbonyl (C=S) groups is 1. The molecular weight excluding hydrogens is 336 g/mol. The van der Waals surface area contributed by atoms with E-state index in [9.17, 15) is 9.90 Å². The lowest BCUT2D eigenvalue weighted by Crippen LogP contribution is -2.41. The third-order valence-corrected chi connectivity index (χ3v) is 4.57. The molecule has 0 atom stereocenters. The third-order valence-electron chi connectivity index (χ3n) is 4.48. The average molecular weight is 362 g/mol. The van der Waals surface area contributed by atoms with Crippen molar-refractivity contribution < 1.29 is 9.90 Å². The molecule has 1 fully saturated rings. The maximum atomic E-state index is 11.6. The number of nitrogens with two attached hydrogens (primary N) is 1. The van der Waals surface area contributed by atoms with E-state index in [1.807, 2.05) is 30.3 Å². The normalized spacial score (nSPS) is 15.6. The summed E-state index contributed by atoms with van der Waals surface area (Å²) in [6, 6.07) is 9.91. The first-order valence-corrected chi connectivity index (χ1v) is 9.15. The standard InChI is InChI=1S/C18H26N4O2S/c19-17(25)21-20-16(14-8-3-1-4-9-14)12-7-13-22(18(23)24)15-10-5-2-6-11-15/h1,3-4,8-9,15H,2,5-7,10-13H2,(H,23,24)(H3,19,21,25). The van der Waals surface area contributed by atoms with Crippen LogP contribution in [0.5, 0.6) is 0 Å². The minimum atomic E-state index is -0.827. The smallest absolute Gasteiger partial charge is 0.407 e. The van der Waals surface area contributed by atoms with Crippen LogP contribution in [0.3, 0.4) is 0 Å². The van der Waals surface area contributed by atoms with E-state index in [4.69, 9.17) is 18.0 Å². The molecule has 1 saturated carbocycles. The molecule has 1 aromatic carbocycles. The second-order valence-corrected chi connectivity index (χ2v) is 6.71. The molecule has 1 aromatic rings. The van der Waals surface area contributed by atoms with Crippen molar-refractivity contribution in [2.45, 2.75) is 51.0 Å². The summed E-state index contributed by atoms with van der Waals surface area (Å²) >= 11 is 4.81. The van der Waals surface area contributed by atoms with E-state index in [1.165, 1.54) is 6.42 Å². The zero-order chi connectivity index (χ0) is 18.1. The predicted octanol–water partition coefficient (Wildman–Crippen LogP) is 3.32. The van der Waals surface area contributed by atoms with Gasteiger partial charge in [-0.25, -0.2) is 4.79 Å². The molecule has 0 bridgehead atoms. The number of carbonyl (C=O) groups is 1. The molecule has 0 spiro atoms. The lowest BCUT2D eigenvalue weighted by Gasteiger charge is -2.32. The highest BCUT2D eigenvalue weighted by Crippen LogP contribution is 2.23. The lowest BCUT2D eigenvalue weighted by molar-refractivity contribution is 0.110. The number of hydrogen-bond donors (Lipinski definition) is 3. The van der Waals surface area contributed by atoms with Crippen LogP contribution in [0.1, 0.15) is 50.5 Å². The van der Waals surface area contributed by atoms with Crippen LogP contribution in [0.15, 0.2) is 35.4 Å². The molecule has 0 heterocycles. The Hall–Kier alpha value is -2.15. The fourth-order valence-corrected chi connectivity index (χ4v) is 3.31. The van der Waals surface area contributed by atoms with Crippen molar-refractivity contribution in [2.75, 3.05) is 6.54 Å². The van der Waals surface area contributed by atoms with Crippen LogP contribution < -0.4 is 11.2 Å². The molecule has 2 rings (SSSR count). The Kier molecular flexibility index (Phi) is 7.66. The highest BCUT2D eigenvalue weighted by molar-refractivity contribution is 7.80. The number of nitrogens with one attached hydrogen (secondary N) is 1. The van der Waals surface area contributed by atoms with Gasteiger partial charge < -0.3 is 15.7 Å². The van der Waals surface area contributed by atoms with E-state index in [0.717, 1.165) is 37.0 Å². The first-order valence-electron chi connectivity index (χ1n) is 8.75. The Morgan fingerprint density at radius 2 is 1.96 bits per heavy atom. The molecule has 4 N–H and O–H groups in total. The van der Waals surface area contributed by atoms with Crippen LogP contribution >= 0.6 is 12.2 Å². The number of rotatable bonds is 7. The van der Waals surface area contributed by atoms with E-state index < -0.39 is 6.09 Å². The predicted molar refractivity (Wildman–Crippen MR) is 104 cm³/mol. The number of hydrazone groups is 1. The summed E-state index contributed by atoms with van der Waals surface area (Å²) in [6.07, 6.45) is 5.90. The van der Waals surface area contributed by atoms with E-state index >= 15 is 0 Å². The first-order chi connectivity index (χ1) is 12.1. The Labute approximate surface area is 154 Å². The van der Waals surface area contributed by atoms with Crippen molar-refractivity contribution in [1.29, 1.82) is 0 Å². The summed E-state index contributed by atoms with van der Waals surface area (Å²) in [5.74, 6) is 0. The zero-order valence-corrected chi connectivity index (χ0v) is 15.2. The molecule has 1 amide bonds. The summed E-state index contributed by atoms with van der Waals surface area (Å²) in [5, 5.41) is 13.9. The van der Waals surface area contributed by atoms with E-state index in [1.54, 1.807) is 4.90 Å². The molecule has 25 heavy (non-hydrogen) atoms. The fourth-order valence-electron chi connectivity index (χ4n) is 3.26.